The summed E-state index contributed by atoms with van der Waals surface area (Å²) in [5.74, 6) is 1.62. The van der Waals surface area contributed by atoms with Gasteiger partial charge in [-0.3, -0.25) is 4.79 Å². The summed E-state index contributed by atoms with van der Waals surface area (Å²) in [6, 6.07) is 7.23. The lowest BCUT2D eigenvalue weighted by Gasteiger charge is -2.26. The minimum atomic E-state index is -0.291. The summed E-state index contributed by atoms with van der Waals surface area (Å²) < 4.78 is 21.6. The maximum Gasteiger partial charge on any atom is 0.200 e. The first kappa shape index (κ1) is 14.7. The van der Waals surface area contributed by atoms with Gasteiger partial charge in [0.05, 0.1) is 33.2 Å². The summed E-state index contributed by atoms with van der Waals surface area (Å²) in [6.07, 6.45) is 2.25. The zero-order chi connectivity index (χ0) is 15.5. The molecule has 3 rings (SSSR count). The third-order valence-corrected chi connectivity index (χ3v) is 3.85. The summed E-state index contributed by atoms with van der Waals surface area (Å²) in [6.45, 7) is 0.582. The number of furan rings is 1. The number of ketones is 1. The van der Waals surface area contributed by atoms with Crippen LogP contribution in [0.5, 0.6) is 11.5 Å². The van der Waals surface area contributed by atoms with Crippen LogP contribution in [0.1, 0.15) is 34.2 Å². The SMILES string of the molecule is COc1cc2c(cc1OC)C(CC(=O)c1ccco1)OCC2. The number of fused-ring (bicyclic) bond motifs is 1. The zero-order valence-electron chi connectivity index (χ0n) is 12.6. The molecule has 1 aliphatic rings. The molecule has 5 nitrogen and oxygen atoms in total. The van der Waals surface area contributed by atoms with E-state index in [0.717, 1.165) is 17.5 Å². The molecule has 2 heterocycles. The van der Waals surface area contributed by atoms with E-state index in [9.17, 15) is 4.79 Å². The second kappa shape index (κ2) is 6.23. The van der Waals surface area contributed by atoms with E-state index in [4.69, 9.17) is 18.6 Å². The molecule has 0 saturated carbocycles. The number of rotatable bonds is 5. The number of hydrogen-bond acceptors (Lipinski definition) is 5. The van der Waals surface area contributed by atoms with Crippen molar-refractivity contribution >= 4 is 5.78 Å². The summed E-state index contributed by atoms with van der Waals surface area (Å²) >= 11 is 0. The lowest BCUT2D eigenvalue weighted by Crippen LogP contribution is -2.19. The van der Waals surface area contributed by atoms with E-state index in [1.54, 1.807) is 26.4 Å². The minimum absolute atomic E-state index is 0.0716. The van der Waals surface area contributed by atoms with Crippen molar-refractivity contribution in [1.82, 2.24) is 0 Å². The first-order valence-electron chi connectivity index (χ1n) is 7.16. The van der Waals surface area contributed by atoms with Gasteiger partial charge in [0.25, 0.3) is 0 Å². The van der Waals surface area contributed by atoms with E-state index in [1.807, 2.05) is 12.1 Å². The fraction of sp³-hybridized carbons (Fsp3) is 0.353. The Bertz CT molecular complexity index is 660. The van der Waals surface area contributed by atoms with E-state index in [-0.39, 0.29) is 18.3 Å². The Labute approximate surface area is 128 Å². The molecule has 0 spiro atoms. The predicted molar refractivity (Wildman–Crippen MR) is 79.6 cm³/mol. The summed E-state index contributed by atoms with van der Waals surface area (Å²) in [4.78, 5) is 12.2. The fourth-order valence-corrected chi connectivity index (χ4v) is 2.73. The number of hydrogen-bond donors (Lipinski definition) is 0. The molecule has 0 saturated heterocycles. The predicted octanol–water partition coefficient (Wildman–Crippen LogP) is 3.18. The second-order valence-electron chi connectivity index (χ2n) is 5.12. The number of carbonyl (C=O) groups is 1. The molecule has 0 fully saturated rings. The Kier molecular flexibility index (Phi) is 4.15. The number of methoxy groups -OCH3 is 2. The number of benzene rings is 1. The van der Waals surface area contributed by atoms with Crippen molar-refractivity contribution in [3.8, 4) is 11.5 Å². The van der Waals surface area contributed by atoms with Crippen molar-refractivity contribution in [2.75, 3.05) is 20.8 Å². The third-order valence-electron chi connectivity index (χ3n) is 3.85. The van der Waals surface area contributed by atoms with Crippen LogP contribution in [0.3, 0.4) is 0 Å². The largest absolute Gasteiger partial charge is 0.493 e. The van der Waals surface area contributed by atoms with E-state index in [1.165, 1.54) is 6.26 Å². The first-order chi connectivity index (χ1) is 10.7. The standard InChI is InChI=1S/C17H18O5/c1-19-16-8-11-5-7-22-15(12(11)9-17(16)20-2)10-13(18)14-4-3-6-21-14/h3-4,6,8-9,15H,5,7,10H2,1-2H3. The van der Waals surface area contributed by atoms with E-state index in [2.05, 4.69) is 0 Å². The van der Waals surface area contributed by atoms with Gasteiger partial charge < -0.3 is 18.6 Å². The summed E-state index contributed by atoms with van der Waals surface area (Å²) in [5.41, 5.74) is 2.10. The highest BCUT2D eigenvalue weighted by molar-refractivity contribution is 5.93. The van der Waals surface area contributed by atoms with Gasteiger partial charge in [0.2, 0.25) is 5.78 Å². The minimum Gasteiger partial charge on any atom is -0.493 e. The Balaban J connectivity index is 1.89. The van der Waals surface area contributed by atoms with Gasteiger partial charge in [-0.25, -0.2) is 0 Å². The van der Waals surface area contributed by atoms with Crippen molar-refractivity contribution in [3.05, 3.63) is 47.4 Å². The van der Waals surface area contributed by atoms with Gasteiger partial charge in [-0.05, 0) is 41.8 Å². The van der Waals surface area contributed by atoms with E-state index in [0.29, 0.717) is 23.9 Å². The molecule has 1 aromatic carbocycles. The zero-order valence-corrected chi connectivity index (χ0v) is 12.6. The highest BCUT2D eigenvalue weighted by Crippen LogP contribution is 2.38. The Morgan fingerprint density at radius 1 is 1.27 bits per heavy atom. The Morgan fingerprint density at radius 2 is 2.05 bits per heavy atom. The highest BCUT2D eigenvalue weighted by Gasteiger charge is 2.26. The molecule has 0 amide bonds. The molecule has 1 aromatic heterocycles. The first-order valence-corrected chi connectivity index (χ1v) is 7.16. The van der Waals surface area contributed by atoms with Crippen LogP contribution in [-0.2, 0) is 11.2 Å². The monoisotopic (exact) mass is 302 g/mol. The average Bonchev–Trinajstić information content (AvgIpc) is 3.08. The molecule has 0 bridgehead atoms. The average molecular weight is 302 g/mol. The molecule has 1 aliphatic heterocycles. The van der Waals surface area contributed by atoms with Crippen molar-refractivity contribution in [2.45, 2.75) is 18.9 Å². The summed E-state index contributed by atoms with van der Waals surface area (Å²) in [7, 11) is 3.21. The Morgan fingerprint density at radius 3 is 2.73 bits per heavy atom. The van der Waals surface area contributed by atoms with Crippen LogP contribution in [-0.4, -0.2) is 26.6 Å². The molecule has 0 N–H and O–H groups in total. The van der Waals surface area contributed by atoms with Crippen LogP contribution in [0.4, 0.5) is 0 Å². The fourth-order valence-electron chi connectivity index (χ4n) is 2.73. The van der Waals surface area contributed by atoms with Gasteiger partial charge in [0, 0.05) is 6.42 Å². The second-order valence-corrected chi connectivity index (χ2v) is 5.12. The van der Waals surface area contributed by atoms with E-state index >= 15 is 0 Å². The Hall–Kier alpha value is -2.27. The van der Waals surface area contributed by atoms with E-state index < -0.39 is 0 Å². The molecular formula is C17H18O5. The normalized spacial score (nSPS) is 16.9. The van der Waals surface area contributed by atoms with Crippen molar-refractivity contribution in [3.63, 3.8) is 0 Å². The number of ether oxygens (including phenoxy) is 3. The van der Waals surface area contributed by atoms with Gasteiger partial charge in [-0.1, -0.05) is 0 Å². The maximum atomic E-state index is 12.2. The van der Waals surface area contributed by atoms with Crippen LogP contribution < -0.4 is 9.47 Å². The highest BCUT2D eigenvalue weighted by atomic mass is 16.5. The molecule has 2 aromatic rings. The lowest BCUT2D eigenvalue weighted by atomic mass is 9.93. The van der Waals surface area contributed by atoms with Crippen molar-refractivity contribution in [1.29, 1.82) is 0 Å². The number of carbonyl (C=O) groups excluding carboxylic acids is 1. The van der Waals surface area contributed by atoms with Gasteiger partial charge in [0.15, 0.2) is 17.3 Å². The van der Waals surface area contributed by atoms with Gasteiger partial charge >= 0.3 is 0 Å². The molecule has 0 radical (unpaired) electrons. The molecule has 0 aliphatic carbocycles. The van der Waals surface area contributed by atoms with Crippen molar-refractivity contribution in [2.24, 2.45) is 0 Å². The molecular weight excluding hydrogens is 284 g/mol. The summed E-state index contributed by atoms with van der Waals surface area (Å²) in [5, 5.41) is 0. The quantitative estimate of drug-likeness (QED) is 0.794. The topological polar surface area (TPSA) is 57.9 Å². The third kappa shape index (κ3) is 2.72. The molecule has 22 heavy (non-hydrogen) atoms. The van der Waals surface area contributed by atoms with Crippen LogP contribution in [0.25, 0.3) is 0 Å². The van der Waals surface area contributed by atoms with Gasteiger partial charge in [0.1, 0.15) is 0 Å². The van der Waals surface area contributed by atoms with Crippen molar-refractivity contribution < 1.29 is 23.4 Å². The molecule has 5 heteroatoms. The lowest BCUT2D eigenvalue weighted by molar-refractivity contribution is 0.0341. The van der Waals surface area contributed by atoms with Crippen LogP contribution in [0, 0.1) is 0 Å². The smallest absolute Gasteiger partial charge is 0.200 e. The van der Waals surface area contributed by atoms with Crippen LogP contribution in [0.15, 0.2) is 34.9 Å². The molecule has 1 unspecified atom stereocenters. The van der Waals surface area contributed by atoms with Crippen LogP contribution in [0.2, 0.25) is 0 Å². The molecule has 1 atom stereocenters. The molecule has 116 valence electrons. The van der Waals surface area contributed by atoms with Gasteiger partial charge in [-0.15, -0.1) is 0 Å². The maximum absolute atomic E-state index is 12.2. The number of Topliss-reactive ketones (excluding diaryl/α,β-unsaturated/α-hetero) is 1. The van der Waals surface area contributed by atoms with Crippen LogP contribution >= 0.6 is 0 Å². The van der Waals surface area contributed by atoms with Gasteiger partial charge in [-0.2, -0.15) is 0 Å².